The first kappa shape index (κ1) is 10.5. The van der Waals surface area contributed by atoms with Gasteiger partial charge in [0.15, 0.2) is 0 Å². The van der Waals surface area contributed by atoms with Gasteiger partial charge in [-0.1, -0.05) is 12.0 Å². The summed E-state index contributed by atoms with van der Waals surface area (Å²) in [5.41, 5.74) is 0. The topological polar surface area (TPSA) is 23.1 Å². The maximum Gasteiger partial charge on any atom is 1.00 e. The summed E-state index contributed by atoms with van der Waals surface area (Å²) in [5, 5.41) is 9.47. The quantitative estimate of drug-likeness (QED) is 0.279. The van der Waals surface area contributed by atoms with Crippen LogP contribution in [-0.4, -0.2) is 5.05 Å². The Morgan fingerprint density at radius 1 is 1.83 bits per heavy atom. The molecule has 6 heavy (non-hydrogen) atoms. The summed E-state index contributed by atoms with van der Waals surface area (Å²) < 4.78 is 0. The minimum Gasteiger partial charge on any atom is -0.867 e. The van der Waals surface area contributed by atoms with E-state index < -0.39 is 0 Å². The number of hydrogen-bond donors (Lipinski definition) is 0. The zero-order valence-electron chi connectivity index (χ0n) is 4.02. The van der Waals surface area contributed by atoms with Crippen molar-refractivity contribution in [2.45, 2.75) is 13.3 Å². The SMILES string of the molecule is CCC([O-])=S.[K+]. The third-order valence-corrected chi connectivity index (χ3v) is 0.577. The van der Waals surface area contributed by atoms with Crippen molar-refractivity contribution in [1.82, 2.24) is 0 Å². The van der Waals surface area contributed by atoms with E-state index in [1.807, 2.05) is 0 Å². The Labute approximate surface area is 85.5 Å². The van der Waals surface area contributed by atoms with Crippen molar-refractivity contribution in [2.75, 3.05) is 0 Å². The molecule has 0 aliphatic carbocycles. The zero-order valence-corrected chi connectivity index (χ0v) is 7.96. The van der Waals surface area contributed by atoms with Crippen molar-refractivity contribution in [2.24, 2.45) is 0 Å². The first-order valence-corrected chi connectivity index (χ1v) is 1.88. The summed E-state index contributed by atoms with van der Waals surface area (Å²) >= 11 is 4.14. The second-order valence-electron chi connectivity index (χ2n) is 0.726. The van der Waals surface area contributed by atoms with Gasteiger partial charge in [0.2, 0.25) is 0 Å². The molecule has 0 atom stereocenters. The Bertz CT molecular complexity index is 46.1. The largest absolute Gasteiger partial charge is 1.00 e. The van der Waals surface area contributed by atoms with Crippen LogP contribution in [0.15, 0.2) is 0 Å². The molecule has 0 radical (unpaired) electrons. The van der Waals surface area contributed by atoms with Crippen molar-refractivity contribution in [3.8, 4) is 0 Å². The van der Waals surface area contributed by atoms with Gasteiger partial charge in [-0.25, -0.2) is 0 Å². The van der Waals surface area contributed by atoms with Crippen LogP contribution in [0.1, 0.15) is 13.3 Å². The predicted molar refractivity (Wildman–Crippen MR) is 22.9 cm³/mol. The first-order valence-electron chi connectivity index (χ1n) is 1.47. The molecule has 0 bridgehead atoms. The predicted octanol–water partition coefficient (Wildman–Crippen LogP) is -2.91. The van der Waals surface area contributed by atoms with Gasteiger partial charge >= 0.3 is 51.4 Å². The van der Waals surface area contributed by atoms with E-state index in [1.54, 1.807) is 6.92 Å². The van der Waals surface area contributed by atoms with Gasteiger partial charge in [0.05, 0.1) is 0 Å². The smallest absolute Gasteiger partial charge is 0.867 e. The summed E-state index contributed by atoms with van der Waals surface area (Å²) in [6, 6.07) is 0. The molecule has 0 fully saturated rings. The third kappa shape index (κ3) is 9.11. The van der Waals surface area contributed by atoms with E-state index in [0.717, 1.165) is 0 Å². The van der Waals surface area contributed by atoms with Gasteiger partial charge in [-0.15, -0.1) is 12.2 Å². The molecule has 1 nitrogen and oxygen atoms in total. The van der Waals surface area contributed by atoms with E-state index >= 15 is 0 Å². The van der Waals surface area contributed by atoms with E-state index in [0.29, 0.717) is 6.42 Å². The Morgan fingerprint density at radius 2 is 2.00 bits per heavy atom. The fourth-order valence-corrected chi connectivity index (χ4v) is 0. The molecule has 0 saturated carbocycles. The van der Waals surface area contributed by atoms with Crippen LogP contribution in [0.4, 0.5) is 0 Å². The molecule has 0 spiro atoms. The maximum absolute atomic E-state index is 9.63. The first-order chi connectivity index (χ1) is 2.27. The molecular formula is C3H5KOS. The van der Waals surface area contributed by atoms with Crippen LogP contribution in [-0.2, 0) is 0 Å². The van der Waals surface area contributed by atoms with Crippen LogP contribution < -0.4 is 56.5 Å². The second-order valence-corrected chi connectivity index (χ2v) is 1.18. The molecule has 0 rings (SSSR count). The van der Waals surface area contributed by atoms with Gasteiger partial charge in [0, 0.05) is 0 Å². The Balaban J connectivity index is 0. The van der Waals surface area contributed by atoms with E-state index in [2.05, 4.69) is 12.2 Å². The fourth-order valence-electron chi connectivity index (χ4n) is 0. The summed E-state index contributed by atoms with van der Waals surface area (Å²) in [4.78, 5) is 0. The summed E-state index contributed by atoms with van der Waals surface area (Å²) in [7, 11) is 0. The molecule has 0 aliphatic heterocycles. The zero-order chi connectivity index (χ0) is 4.28. The minimum absolute atomic E-state index is 0. The van der Waals surface area contributed by atoms with Gasteiger partial charge in [-0.2, -0.15) is 0 Å². The van der Waals surface area contributed by atoms with Crippen LogP contribution in [0.25, 0.3) is 0 Å². The van der Waals surface area contributed by atoms with Gasteiger partial charge in [0.25, 0.3) is 0 Å². The summed E-state index contributed by atoms with van der Waals surface area (Å²) in [5.74, 6) is 0. The number of hydrogen-bond acceptors (Lipinski definition) is 2. The molecule has 0 amide bonds. The molecule has 0 unspecified atom stereocenters. The van der Waals surface area contributed by atoms with E-state index in [-0.39, 0.29) is 56.4 Å². The number of thiocarbonyl (C=S) groups is 1. The number of rotatable bonds is 1. The fraction of sp³-hybridized carbons (Fsp3) is 0.667. The Kier molecular flexibility index (Phi) is 11.4. The normalized spacial score (nSPS) is 6.17. The van der Waals surface area contributed by atoms with Crippen molar-refractivity contribution in [3.05, 3.63) is 0 Å². The molecule has 3 heteroatoms. The summed E-state index contributed by atoms with van der Waals surface area (Å²) in [6.45, 7) is 1.75. The van der Waals surface area contributed by atoms with Crippen molar-refractivity contribution >= 4 is 17.3 Å². The molecule has 30 valence electrons. The minimum atomic E-state index is -0.162. The monoisotopic (exact) mass is 128 g/mol. The van der Waals surface area contributed by atoms with Gasteiger partial charge in [-0.05, 0) is 6.42 Å². The van der Waals surface area contributed by atoms with Crippen LogP contribution in [0.3, 0.4) is 0 Å². The van der Waals surface area contributed by atoms with E-state index in [4.69, 9.17) is 0 Å². The van der Waals surface area contributed by atoms with E-state index in [1.165, 1.54) is 0 Å². The average Bonchev–Trinajstić information content (AvgIpc) is 1.38. The molecule has 0 N–H and O–H groups in total. The molecular weight excluding hydrogens is 123 g/mol. The molecule has 0 aliphatic rings. The molecule has 0 heterocycles. The van der Waals surface area contributed by atoms with Crippen molar-refractivity contribution in [1.29, 1.82) is 0 Å². The second kappa shape index (κ2) is 6.53. The van der Waals surface area contributed by atoms with Crippen LogP contribution in [0.2, 0.25) is 0 Å². The Morgan fingerprint density at radius 3 is 2.00 bits per heavy atom. The molecule has 0 aromatic carbocycles. The third-order valence-electron chi connectivity index (χ3n) is 0.289. The molecule has 0 saturated heterocycles. The standard InChI is InChI=1S/C3H6OS.K/c1-2-3(4)5;/h2H2,1H3,(H,4,5);/q;+1/p-1. The molecule has 0 aromatic heterocycles. The van der Waals surface area contributed by atoms with Gasteiger partial charge < -0.3 is 5.11 Å². The van der Waals surface area contributed by atoms with Crippen LogP contribution in [0, 0.1) is 0 Å². The van der Waals surface area contributed by atoms with Gasteiger partial charge in [-0.3, -0.25) is 0 Å². The van der Waals surface area contributed by atoms with Crippen LogP contribution in [0.5, 0.6) is 0 Å². The van der Waals surface area contributed by atoms with Crippen molar-refractivity contribution in [3.63, 3.8) is 0 Å². The maximum atomic E-state index is 9.63. The van der Waals surface area contributed by atoms with Gasteiger partial charge in [0.1, 0.15) is 0 Å². The average molecular weight is 128 g/mol. The molecule has 0 aromatic rings. The van der Waals surface area contributed by atoms with Crippen LogP contribution >= 0.6 is 12.2 Å². The Hall–Kier alpha value is 1.53. The van der Waals surface area contributed by atoms with E-state index in [9.17, 15) is 5.11 Å². The van der Waals surface area contributed by atoms with Crippen molar-refractivity contribution < 1.29 is 56.5 Å². The summed E-state index contributed by atoms with van der Waals surface area (Å²) in [6.07, 6.45) is 0.481.